The molecule has 8 heteroatoms. The van der Waals surface area contributed by atoms with Crippen LogP contribution in [0.15, 0.2) is 0 Å². The van der Waals surface area contributed by atoms with Gasteiger partial charge in [-0.15, -0.1) is 0 Å². The number of ether oxygens (including phenoxy) is 1. The van der Waals surface area contributed by atoms with Crippen LogP contribution in [0.1, 0.15) is 40.0 Å². The lowest BCUT2D eigenvalue weighted by molar-refractivity contribution is -0.144. The Hall–Kier alpha value is -2.12. The van der Waals surface area contributed by atoms with Crippen LogP contribution < -0.4 is 10.6 Å². The Balaban J connectivity index is 2.17. The highest BCUT2D eigenvalue weighted by Crippen LogP contribution is 2.19. The first-order valence-electron chi connectivity index (χ1n) is 8.34. The highest BCUT2D eigenvalue weighted by Gasteiger charge is 2.35. The molecule has 1 fully saturated rings. The minimum atomic E-state index is -0.401. The van der Waals surface area contributed by atoms with Crippen LogP contribution in [0.25, 0.3) is 0 Å². The molecule has 1 rings (SSSR count). The van der Waals surface area contributed by atoms with Gasteiger partial charge in [-0.25, -0.2) is 0 Å². The number of hydrogen-bond acceptors (Lipinski definition) is 5. The normalized spacial score (nSPS) is 17.1. The standard InChI is InChI=1S/C16H27N3O5/c1-4-24-15(22)6-5-13(20)17-7-8-18-16(23)12-9-14(21)19(10-12)11(2)3/h11-12H,4-10H2,1-3H3,(H,17,20)(H,18,23). The minimum Gasteiger partial charge on any atom is -0.466 e. The number of carbonyl (C=O) groups is 4. The van der Waals surface area contributed by atoms with Crippen molar-refractivity contribution in [3.8, 4) is 0 Å². The number of amides is 3. The van der Waals surface area contributed by atoms with Crippen molar-refractivity contribution in [1.29, 1.82) is 0 Å². The lowest BCUT2D eigenvalue weighted by Gasteiger charge is -2.20. The fourth-order valence-corrected chi connectivity index (χ4v) is 2.48. The highest BCUT2D eigenvalue weighted by molar-refractivity contribution is 5.89. The SMILES string of the molecule is CCOC(=O)CCC(=O)NCCNC(=O)C1CC(=O)N(C(C)C)C1. The molecule has 2 N–H and O–H groups in total. The molecule has 0 aromatic heterocycles. The molecular formula is C16H27N3O5. The van der Waals surface area contributed by atoms with E-state index in [0.29, 0.717) is 13.2 Å². The van der Waals surface area contributed by atoms with Crippen molar-refractivity contribution in [2.45, 2.75) is 46.1 Å². The van der Waals surface area contributed by atoms with Crippen LogP contribution in [0, 0.1) is 5.92 Å². The first-order chi connectivity index (χ1) is 11.3. The minimum absolute atomic E-state index is 0.00239. The molecule has 1 unspecified atom stereocenters. The average Bonchev–Trinajstić information content (AvgIpc) is 2.92. The van der Waals surface area contributed by atoms with Crippen LogP contribution in [-0.2, 0) is 23.9 Å². The summed E-state index contributed by atoms with van der Waals surface area (Å²) >= 11 is 0. The Morgan fingerprint density at radius 1 is 1.21 bits per heavy atom. The second kappa shape index (κ2) is 9.89. The van der Waals surface area contributed by atoms with Crippen LogP contribution >= 0.6 is 0 Å². The van der Waals surface area contributed by atoms with Crippen LogP contribution in [0.2, 0.25) is 0 Å². The maximum Gasteiger partial charge on any atom is 0.306 e. The van der Waals surface area contributed by atoms with Crippen molar-refractivity contribution in [2.75, 3.05) is 26.2 Å². The van der Waals surface area contributed by atoms with Crippen molar-refractivity contribution < 1.29 is 23.9 Å². The van der Waals surface area contributed by atoms with Gasteiger partial charge in [0.2, 0.25) is 17.7 Å². The Morgan fingerprint density at radius 3 is 2.46 bits per heavy atom. The molecule has 0 aromatic carbocycles. The van der Waals surface area contributed by atoms with E-state index in [1.54, 1.807) is 11.8 Å². The zero-order valence-corrected chi connectivity index (χ0v) is 14.6. The molecule has 136 valence electrons. The molecule has 1 aliphatic heterocycles. The highest BCUT2D eigenvalue weighted by atomic mass is 16.5. The van der Waals surface area contributed by atoms with Crippen LogP contribution in [-0.4, -0.2) is 60.9 Å². The summed E-state index contributed by atoms with van der Waals surface area (Å²) in [4.78, 5) is 48.2. The number of rotatable bonds is 9. The smallest absolute Gasteiger partial charge is 0.306 e. The van der Waals surface area contributed by atoms with Crippen molar-refractivity contribution in [2.24, 2.45) is 5.92 Å². The number of likely N-dealkylation sites (tertiary alicyclic amines) is 1. The van der Waals surface area contributed by atoms with Gasteiger partial charge in [-0.1, -0.05) is 0 Å². The van der Waals surface area contributed by atoms with E-state index < -0.39 is 5.97 Å². The summed E-state index contributed by atoms with van der Waals surface area (Å²) in [5.41, 5.74) is 0. The molecule has 1 saturated heterocycles. The van der Waals surface area contributed by atoms with E-state index in [9.17, 15) is 19.2 Å². The molecular weight excluding hydrogens is 314 g/mol. The summed E-state index contributed by atoms with van der Waals surface area (Å²) < 4.78 is 4.73. The van der Waals surface area contributed by atoms with Crippen molar-refractivity contribution in [1.82, 2.24) is 15.5 Å². The van der Waals surface area contributed by atoms with Gasteiger partial charge < -0.3 is 20.3 Å². The van der Waals surface area contributed by atoms with Gasteiger partial charge in [0.25, 0.3) is 0 Å². The van der Waals surface area contributed by atoms with E-state index in [4.69, 9.17) is 4.74 Å². The third kappa shape index (κ3) is 6.55. The average molecular weight is 341 g/mol. The molecule has 24 heavy (non-hydrogen) atoms. The first kappa shape index (κ1) is 19.9. The zero-order chi connectivity index (χ0) is 18.1. The summed E-state index contributed by atoms with van der Waals surface area (Å²) in [6.45, 7) is 6.85. The zero-order valence-electron chi connectivity index (χ0n) is 14.6. The van der Waals surface area contributed by atoms with Gasteiger partial charge >= 0.3 is 5.97 Å². The van der Waals surface area contributed by atoms with E-state index in [1.807, 2.05) is 13.8 Å². The molecule has 0 radical (unpaired) electrons. The third-order valence-corrected chi connectivity index (χ3v) is 3.76. The predicted molar refractivity (Wildman–Crippen MR) is 86.8 cm³/mol. The van der Waals surface area contributed by atoms with Gasteiger partial charge in [0.1, 0.15) is 0 Å². The molecule has 0 saturated carbocycles. The van der Waals surface area contributed by atoms with E-state index in [1.165, 1.54) is 0 Å². The van der Waals surface area contributed by atoms with E-state index in [-0.39, 0.29) is 62.0 Å². The third-order valence-electron chi connectivity index (χ3n) is 3.76. The maximum absolute atomic E-state index is 12.0. The number of esters is 1. The quantitative estimate of drug-likeness (QED) is 0.447. The summed E-state index contributed by atoms with van der Waals surface area (Å²) in [6, 6.07) is 0.0917. The maximum atomic E-state index is 12.0. The second-order valence-corrected chi connectivity index (χ2v) is 5.99. The predicted octanol–water partition coefficient (Wildman–Crippen LogP) is -0.181. The van der Waals surface area contributed by atoms with Gasteiger partial charge in [0.15, 0.2) is 0 Å². The van der Waals surface area contributed by atoms with Gasteiger partial charge in [0.05, 0.1) is 18.9 Å². The molecule has 0 bridgehead atoms. The van der Waals surface area contributed by atoms with Crippen molar-refractivity contribution in [3.05, 3.63) is 0 Å². The largest absolute Gasteiger partial charge is 0.466 e. The Kier molecular flexibility index (Phi) is 8.21. The molecule has 1 aliphatic rings. The molecule has 1 heterocycles. The van der Waals surface area contributed by atoms with Crippen molar-refractivity contribution in [3.63, 3.8) is 0 Å². The topological polar surface area (TPSA) is 105 Å². The lowest BCUT2D eigenvalue weighted by Crippen LogP contribution is -2.39. The summed E-state index contributed by atoms with van der Waals surface area (Å²) in [5.74, 6) is -1.18. The van der Waals surface area contributed by atoms with Crippen molar-refractivity contribution >= 4 is 23.7 Å². The number of hydrogen-bond donors (Lipinski definition) is 2. The first-order valence-corrected chi connectivity index (χ1v) is 8.34. The summed E-state index contributed by atoms with van der Waals surface area (Å²) in [5, 5.41) is 5.34. The molecule has 0 aliphatic carbocycles. The summed E-state index contributed by atoms with van der Waals surface area (Å²) in [6.07, 6.45) is 0.338. The van der Waals surface area contributed by atoms with E-state index in [0.717, 1.165) is 0 Å². The monoisotopic (exact) mass is 341 g/mol. The van der Waals surface area contributed by atoms with Gasteiger partial charge in [0, 0.05) is 38.5 Å². The van der Waals surface area contributed by atoms with Crippen LogP contribution in [0.5, 0.6) is 0 Å². The Morgan fingerprint density at radius 2 is 1.88 bits per heavy atom. The molecule has 0 spiro atoms. The number of nitrogens with one attached hydrogen (secondary N) is 2. The number of nitrogens with zero attached hydrogens (tertiary/aromatic N) is 1. The molecule has 8 nitrogen and oxygen atoms in total. The van der Waals surface area contributed by atoms with Gasteiger partial charge in [-0.05, 0) is 20.8 Å². The van der Waals surface area contributed by atoms with E-state index >= 15 is 0 Å². The fraction of sp³-hybridized carbons (Fsp3) is 0.750. The Labute approximate surface area is 142 Å². The number of carbonyl (C=O) groups excluding carboxylic acids is 4. The van der Waals surface area contributed by atoms with Crippen LogP contribution in [0.4, 0.5) is 0 Å². The van der Waals surface area contributed by atoms with E-state index in [2.05, 4.69) is 10.6 Å². The second-order valence-electron chi connectivity index (χ2n) is 5.99. The van der Waals surface area contributed by atoms with Crippen LogP contribution in [0.3, 0.4) is 0 Å². The van der Waals surface area contributed by atoms with Gasteiger partial charge in [-0.2, -0.15) is 0 Å². The molecule has 0 aromatic rings. The Bertz CT molecular complexity index is 478. The molecule has 1 atom stereocenters. The lowest BCUT2D eigenvalue weighted by atomic mass is 10.1. The fourth-order valence-electron chi connectivity index (χ4n) is 2.48. The molecule has 3 amide bonds. The van der Waals surface area contributed by atoms with Gasteiger partial charge in [-0.3, -0.25) is 19.2 Å². The summed E-state index contributed by atoms with van der Waals surface area (Å²) in [7, 11) is 0.